The summed E-state index contributed by atoms with van der Waals surface area (Å²) in [4.78, 5) is 0. The van der Waals surface area contributed by atoms with Gasteiger partial charge in [0.15, 0.2) is 0 Å². The van der Waals surface area contributed by atoms with E-state index in [0.717, 1.165) is 5.56 Å². The first kappa shape index (κ1) is 12.0. The predicted octanol–water partition coefficient (Wildman–Crippen LogP) is 2.94. The molecule has 1 rings (SSSR count). The van der Waals surface area contributed by atoms with Crippen LogP contribution in [-0.2, 0) is 16.6 Å². The highest BCUT2D eigenvalue weighted by Crippen LogP contribution is 2.10. The lowest BCUT2D eigenvalue weighted by molar-refractivity contribution is 0.571. The molecule has 0 fully saturated rings. The summed E-state index contributed by atoms with van der Waals surface area (Å²) in [6.45, 7) is 6.04. The highest BCUT2D eigenvalue weighted by molar-refractivity contribution is 7.89. The maximum Gasteiger partial charge on any atom is 0.102 e. The van der Waals surface area contributed by atoms with Gasteiger partial charge in [-0.15, -0.1) is 0 Å². The molecular weight excluding hydrogens is 204 g/mol. The van der Waals surface area contributed by atoms with Crippen LogP contribution < -0.4 is 0 Å². The minimum absolute atomic E-state index is 0.0770. The standard InChI is InChI=1S/C13H16OS/c1-13(2,3)9-10-15(14)11-12-7-5-4-6-8-12/h4-8H,11H2,1-3H3. The lowest BCUT2D eigenvalue weighted by atomic mass is 9.99. The van der Waals surface area contributed by atoms with Crippen LogP contribution in [0.1, 0.15) is 26.3 Å². The molecule has 80 valence electrons. The normalized spacial score (nSPS) is 12.7. The maximum absolute atomic E-state index is 11.6. The van der Waals surface area contributed by atoms with E-state index in [4.69, 9.17) is 0 Å². The van der Waals surface area contributed by atoms with Gasteiger partial charge in [0.2, 0.25) is 0 Å². The van der Waals surface area contributed by atoms with Crippen LogP contribution in [0.25, 0.3) is 0 Å². The van der Waals surface area contributed by atoms with Gasteiger partial charge in [0.25, 0.3) is 0 Å². The molecule has 15 heavy (non-hydrogen) atoms. The maximum atomic E-state index is 11.6. The van der Waals surface area contributed by atoms with Crippen molar-refractivity contribution in [3.05, 3.63) is 35.9 Å². The summed E-state index contributed by atoms with van der Waals surface area (Å²) in [6.07, 6.45) is 0. The second-order valence-corrected chi connectivity index (χ2v) is 5.64. The third-order valence-electron chi connectivity index (χ3n) is 1.68. The van der Waals surface area contributed by atoms with Crippen molar-refractivity contribution in [2.75, 3.05) is 0 Å². The zero-order valence-corrected chi connectivity index (χ0v) is 10.2. The topological polar surface area (TPSA) is 17.1 Å². The van der Waals surface area contributed by atoms with E-state index in [1.165, 1.54) is 0 Å². The molecule has 2 heteroatoms. The molecule has 1 unspecified atom stereocenters. The molecule has 0 spiro atoms. The fourth-order valence-electron chi connectivity index (χ4n) is 0.972. The minimum atomic E-state index is -1.08. The first-order chi connectivity index (χ1) is 6.97. The van der Waals surface area contributed by atoms with E-state index in [1.54, 1.807) is 0 Å². The molecule has 0 saturated heterocycles. The molecule has 1 aromatic carbocycles. The van der Waals surface area contributed by atoms with E-state index in [0.29, 0.717) is 5.75 Å². The SMILES string of the molecule is CC(C)(C)C#CS(=O)Cc1ccccc1. The van der Waals surface area contributed by atoms with Gasteiger partial charge >= 0.3 is 0 Å². The van der Waals surface area contributed by atoms with Crippen molar-refractivity contribution < 1.29 is 4.21 Å². The van der Waals surface area contributed by atoms with E-state index in [1.807, 2.05) is 51.1 Å². The van der Waals surface area contributed by atoms with Crippen LogP contribution in [0, 0.1) is 16.6 Å². The quantitative estimate of drug-likeness (QED) is 0.700. The summed E-state index contributed by atoms with van der Waals surface area (Å²) < 4.78 is 11.6. The van der Waals surface area contributed by atoms with Gasteiger partial charge in [-0.1, -0.05) is 36.3 Å². The van der Waals surface area contributed by atoms with Gasteiger partial charge in [-0.2, -0.15) is 0 Å². The molecule has 0 aliphatic heterocycles. The zero-order valence-electron chi connectivity index (χ0n) is 9.41. The molecular formula is C13H16OS. The second-order valence-electron chi connectivity index (χ2n) is 4.45. The Morgan fingerprint density at radius 3 is 2.33 bits per heavy atom. The largest absolute Gasteiger partial charge is 0.246 e. The van der Waals surface area contributed by atoms with Crippen LogP contribution in [-0.4, -0.2) is 4.21 Å². The van der Waals surface area contributed by atoms with Crippen LogP contribution >= 0.6 is 0 Å². The van der Waals surface area contributed by atoms with Crippen LogP contribution in [0.15, 0.2) is 30.3 Å². The van der Waals surface area contributed by atoms with E-state index in [2.05, 4.69) is 11.2 Å². The van der Waals surface area contributed by atoms with E-state index in [9.17, 15) is 4.21 Å². The summed E-state index contributed by atoms with van der Waals surface area (Å²) in [5.41, 5.74) is 0.992. The Hall–Kier alpha value is -1.07. The summed E-state index contributed by atoms with van der Waals surface area (Å²) in [5.74, 6) is 3.51. The Morgan fingerprint density at radius 2 is 1.80 bits per heavy atom. The number of hydrogen-bond acceptors (Lipinski definition) is 1. The van der Waals surface area contributed by atoms with Crippen LogP contribution in [0.5, 0.6) is 0 Å². The predicted molar refractivity (Wildman–Crippen MR) is 65.5 cm³/mol. The highest BCUT2D eigenvalue weighted by Gasteiger charge is 2.04. The van der Waals surface area contributed by atoms with E-state index in [-0.39, 0.29) is 5.41 Å². The van der Waals surface area contributed by atoms with Crippen molar-refractivity contribution in [1.82, 2.24) is 0 Å². The van der Waals surface area contributed by atoms with E-state index < -0.39 is 10.8 Å². The molecule has 1 atom stereocenters. The lowest BCUT2D eigenvalue weighted by Gasteiger charge is -2.06. The van der Waals surface area contributed by atoms with Crippen LogP contribution in [0.4, 0.5) is 0 Å². The zero-order chi connectivity index (χ0) is 11.3. The van der Waals surface area contributed by atoms with Gasteiger partial charge in [-0.25, -0.2) is 4.21 Å². The fourth-order valence-corrected chi connectivity index (χ4v) is 1.96. The second kappa shape index (κ2) is 5.14. The summed E-state index contributed by atoms with van der Waals surface area (Å²) in [5, 5.41) is 2.79. The number of benzene rings is 1. The van der Waals surface area contributed by atoms with Crippen molar-refractivity contribution in [1.29, 1.82) is 0 Å². The van der Waals surface area contributed by atoms with Gasteiger partial charge < -0.3 is 0 Å². The first-order valence-electron chi connectivity index (χ1n) is 4.92. The molecule has 1 aromatic rings. The summed E-state index contributed by atoms with van der Waals surface area (Å²) in [7, 11) is -1.08. The Bertz CT molecular complexity index is 390. The van der Waals surface area contributed by atoms with Crippen molar-refractivity contribution in [3.8, 4) is 11.2 Å². The van der Waals surface area contributed by atoms with Crippen LogP contribution in [0.3, 0.4) is 0 Å². The molecule has 0 aromatic heterocycles. The molecule has 0 amide bonds. The molecule has 0 aliphatic carbocycles. The van der Waals surface area contributed by atoms with Crippen molar-refractivity contribution in [3.63, 3.8) is 0 Å². The monoisotopic (exact) mass is 220 g/mol. The van der Waals surface area contributed by atoms with Gasteiger partial charge in [-0.3, -0.25) is 0 Å². The van der Waals surface area contributed by atoms with Crippen molar-refractivity contribution >= 4 is 10.8 Å². The number of hydrogen-bond donors (Lipinski definition) is 0. The van der Waals surface area contributed by atoms with Crippen molar-refractivity contribution in [2.24, 2.45) is 5.41 Å². The van der Waals surface area contributed by atoms with Crippen molar-refractivity contribution in [2.45, 2.75) is 26.5 Å². The average Bonchev–Trinajstić information content (AvgIpc) is 2.15. The lowest BCUT2D eigenvalue weighted by Crippen LogP contribution is -2.01. The fraction of sp³-hybridized carbons (Fsp3) is 0.385. The van der Waals surface area contributed by atoms with E-state index >= 15 is 0 Å². The first-order valence-corrected chi connectivity index (χ1v) is 6.24. The van der Waals surface area contributed by atoms with Crippen LogP contribution in [0.2, 0.25) is 0 Å². The van der Waals surface area contributed by atoms with Gasteiger partial charge in [0, 0.05) is 5.41 Å². The molecule has 0 aliphatic rings. The summed E-state index contributed by atoms with van der Waals surface area (Å²) in [6, 6.07) is 9.79. The third kappa shape index (κ3) is 5.39. The summed E-state index contributed by atoms with van der Waals surface area (Å²) >= 11 is 0. The Morgan fingerprint density at radius 1 is 1.20 bits per heavy atom. The molecule has 0 N–H and O–H groups in total. The Labute approximate surface area is 94.4 Å². The molecule has 0 radical (unpaired) electrons. The van der Waals surface area contributed by atoms with Gasteiger partial charge in [0.1, 0.15) is 10.8 Å². The third-order valence-corrected chi connectivity index (χ3v) is 2.61. The highest BCUT2D eigenvalue weighted by atomic mass is 32.2. The molecule has 0 bridgehead atoms. The minimum Gasteiger partial charge on any atom is -0.246 e. The Kier molecular flexibility index (Phi) is 4.11. The molecule has 0 saturated carbocycles. The Balaban J connectivity index is 2.61. The molecule has 0 heterocycles. The molecule has 1 nitrogen and oxygen atoms in total. The van der Waals surface area contributed by atoms with Gasteiger partial charge in [-0.05, 0) is 31.6 Å². The smallest absolute Gasteiger partial charge is 0.102 e. The van der Waals surface area contributed by atoms with Gasteiger partial charge in [0.05, 0.1) is 5.75 Å². The number of rotatable bonds is 2. The average molecular weight is 220 g/mol.